The Hall–Kier alpha value is -2.95. The van der Waals surface area contributed by atoms with Crippen molar-refractivity contribution in [3.63, 3.8) is 0 Å². The molecule has 0 unspecified atom stereocenters. The average molecular weight is 323 g/mol. The van der Waals surface area contributed by atoms with Crippen LogP contribution in [0.1, 0.15) is 11.4 Å². The topological polar surface area (TPSA) is 47.0 Å². The quantitative estimate of drug-likeness (QED) is 0.764. The number of aryl methyl sites for hydroxylation is 1. The fraction of sp³-hybridized carbons (Fsp3) is 0.158. The lowest BCUT2D eigenvalue weighted by molar-refractivity contribution is 0.415. The number of halogens is 1. The third-order valence-electron chi connectivity index (χ3n) is 3.64. The Labute approximate surface area is 140 Å². The van der Waals surface area contributed by atoms with Crippen LogP contribution in [-0.2, 0) is 6.54 Å². The van der Waals surface area contributed by atoms with Gasteiger partial charge in [0.2, 0.25) is 0 Å². The van der Waals surface area contributed by atoms with Gasteiger partial charge in [0.25, 0.3) is 0 Å². The van der Waals surface area contributed by atoms with E-state index in [1.165, 1.54) is 6.07 Å². The number of aromatic nitrogens is 2. The van der Waals surface area contributed by atoms with E-state index in [9.17, 15) is 4.39 Å². The monoisotopic (exact) mass is 323 g/mol. The first kappa shape index (κ1) is 15.9. The maximum Gasteiger partial charge on any atom is 0.130 e. The normalized spacial score (nSPS) is 10.5. The van der Waals surface area contributed by atoms with Crippen molar-refractivity contribution >= 4 is 5.82 Å². The minimum Gasteiger partial charge on any atom is -0.497 e. The molecule has 0 atom stereocenters. The molecule has 0 aliphatic rings. The van der Waals surface area contributed by atoms with Crippen molar-refractivity contribution in [2.75, 3.05) is 12.4 Å². The molecule has 5 heteroatoms. The predicted octanol–water partition coefficient (Wildman–Crippen LogP) is 4.21. The summed E-state index contributed by atoms with van der Waals surface area (Å²) in [6.07, 6.45) is 0. The third-order valence-corrected chi connectivity index (χ3v) is 3.64. The van der Waals surface area contributed by atoms with Crippen LogP contribution in [0.4, 0.5) is 10.2 Å². The molecule has 0 radical (unpaired) electrons. The number of hydrogen-bond donors (Lipinski definition) is 1. The molecule has 1 aromatic heterocycles. The van der Waals surface area contributed by atoms with Gasteiger partial charge in [-0.2, -0.15) is 0 Å². The van der Waals surface area contributed by atoms with Crippen LogP contribution in [0.3, 0.4) is 0 Å². The van der Waals surface area contributed by atoms with Gasteiger partial charge in [-0.1, -0.05) is 18.2 Å². The second kappa shape index (κ2) is 7.08. The second-order valence-electron chi connectivity index (χ2n) is 5.36. The Morgan fingerprint density at radius 2 is 1.79 bits per heavy atom. The highest BCUT2D eigenvalue weighted by Crippen LogP contribution is 2.23. The molecule has 0 bridgehead atoms. The van der Waals surface area contributed by atoms with Gasteiger partial charge >= 0.3 is 0 Å². The Kier molecular flexibility index (Phi) is 4.70. The van der Waals surface area contributed by atoms with Gasteiger partial charge in [0.1, 0.15) is 23.2 Å². The highest BCUT2D eigenvalue weighted by molar-refractivity contribution is 5.63. The number of nitrogens with zero attached hydrogens (tertiary/aromatic N) is 2. The van der Waals surface area contributed by atoms with E-state index >= 15 is 0 Å². The lowest BCUT2D eigenvalue weighted by Crippen LogP contribution is -2.05. The van der Waals surface area contributed by atoms with Crippen LogP contribution in [0.2, 0.25) is 0 Å². The number of nitrogens with one attached hydrogen (secondary N) is 1. The molecule has 4 nitrogen and oxygen atoms in total. The van der Waals surface area contributed by atoms with Crippen LogP contribution < -0.4 is 10.1 Å². The minimum atomic E-state index is -0.230. The summed E-state index contributed by atoms with van der Waals surface area (Å²) in [4.78, 5) is 8.83. The maximum atomic E-state index is 13.7. The molecule has 122 valence electrons. The number of ether oxygens (including phenoxy) is 1. The van der Waals surface area contributed by atoms with E-state index in [2.05, 4.69) is 15.3 Å². The second-order valence-corrected chi connectivity index (χ2v) is 5.36. The summed E-state index contributed by atoms with van der Waals surface area (Å²) in [5, 5.41) is 3.16. The highest BCUT2D eigenvalue weighted by atomic mass is 19.1. The SMILES string of the molecule is COc1ccc(-c2cc(NCc3ccccc3F)nc(C)n2)cc1. The summed E-state index contributed by atoms with van der Waals surface area (Å²) >= 11 is 0. The van der Waals surface area contributed by atoms with Gasteiger partial charge in [-0.15, -0.1) is 0 Å². The number of benzene rings is 2. The summed E-state index contributed by atoms with van der Waals surface area (Å²) in [7, 11) is 1.63. The molecule has 0 aliphatic heterocycles. The molecule has 1 N–H and O–H groups in total. The largest absolute Gasteiger partial charge is 0.497 e. The standard InChI is InChI=1S/C19H18FN3O/c1-13-22-18(14-7-9-16(24-2)10-8-14)11-19(23-13)21-12-15-5-3-4-6-17(15)20/h3-11H,12H2,1-2H3,(H,21,22,23). The molecule has 0 spiro atoms. The van der Waals surface area contributed by atoms with Gasteiger partial charge in [0, 0.05) is 23.7 Å². The Balaban J connectivity index is 1.82. The highest BCUT2D eigenvalue weighted by Gasteiger charge is 2.06. The number of anilines is 1. The molecule has 0 saturated heterocycles. The number of hydrogen-bond acceptors (Lipinski definition) is 4. The van der Waals surface area contributed by atoms with Crippen LogP contribution in [0.5, 0.6) is 5.75 Å². The van der Waals surface area contributed by atoms with Crippen LogP contribution in [0.15, 0.2) is 54.6 Å². The van der Waals surface area contributed by atoms with Crippen molar-refractivity contribution in [1.29, 1.82) is 0 Å². The molecule has 3 rings (SSSR count). The molecular formula is C19H18FN3O. The van der Waals surface area contributed by atoms with Crippen LogP contribution in [-0.4, -0.2) is 17.1 Å². The fourth-order valence-electron chi connectivity index (χ4n) is 2.40. The number of methoxy groups -OCH3 is 1. The van der Waals surface area contributed by atoms with Crippen LogP contribution >= 0.6 is 0 Å². The maximum absolute atomic E-state index is 13.7. The molecule has 0 aliphatic carbocycles. The lowest BCUT2D eigenvalue weighted by atomic mass is 10.1. The third kappa shape index (κ3) is 3.68. The molecule has 1 heterocycles. The van der Waals surface area contributed by atoms with E-state index in [4.69, 9.17) is 4.74 Å². The molecule has 2 aromatic carbocycles. The Morgan fingerprint density at radius 1 is 1.04 bits per heavy atom. The summed E-state index contributed by atoms with van der Waals surface area (Å²) in [5.41, 5.74) is 2.37. The average Bonchev–Trinajstić information content (AvgIpc) is 2.61. The molecule has 0 amide bonds. The smallest absolute Gasteiger partial charge is 0.130 e. The van der Waals surface area contributed by atoms with Gasteiger partial charge in [-0.3, -0.25) is 0 Å². The predicted molar refractivity (Wildman–Crippen MR) is 92.5 cm³/mol. The van der Waals surface area contributed by atoms with Crippen molar-refractivity contribution in [3.8, 4) is 17.0 Å². The molecule has 24 heavy (non-hydrogen) atoms. The zero-order valence-electron chi connectivity index (χ0n) is 13.6. The molecular weight excluding hydrogens is 305 g/mol. The summed E-state index contributed by atoms with van der Waals surface area (Å²) in [6, 6.07) is 16.2. The first-order chi connectivity index (χ1) is 11.7. The number of rotatable bonds is 5. The van der Waals surface area contributed by atoms with Crippen LogP contribution in [0, 0.1) is 12.7 Å². The zero-order chi connectivity index (χ0) is 16.9. The first-order valence-electron chi connectivity index (χ1n) is 7.63. The minimum absolute atomic E-state index is 0.230. The molecule has 0 saturated carbocycles. The Bertz CT molecular complexity index is 834. The summed E-state index contributed by atoms with van der Waals surface area (Å²) < 4.78 is 18.9. The van der Waals surface area contributed by atoms with Crippen molar-refractivity contribution < 1.29 is 9.13 Å². The zero-order valence-corrected chi connectivity index (χ0v) is 13.6. The van der Waals surface area contributed by atoms with Crippen molar-refractivity contribution in [2.24, 2.45) is 0 Å². The fourth-order valence-corrected chi connectivity index (χ4v) is 2.40. The van der Waals surface area contributed by atoms with E-state index in [1.807, 2.05) is 43.3 Å². The van der Waals surface area contributed by atoms with Gasteiger partial charge in [-0.05, 0) is 37.3 Å². The summed E-state index contributed by atoms with van der Waals surface area (Å²) in [5.74, 6) is 1.88. The van der Waals surface area contributed by atoms with Crippen LogP contribution in [0.25, 0.3) is 11.3 Å². The van der Waals surface area contributed by atoms with E-state index in [-0.39, 0.29) is 5.82 Å². The van der Waals surface area contributed by atoms with E-state index in [0.29, 0.717) is 23.8 Å². The Morgan fingerprint density at radius 3 is 2.50 bits per heavy atom. The lowest BCUT2D eigenvalue weighted by Gasteiger charge is -2.10. The van der Waals surface area contributed by atoms with E-state index in [1.54, 1.807) is 19.2 Å². The van der Waals surface area contributed by atoms with E-state index in [0.717, 1.165) is 17.0 Å². The van der Waals surface area contributed by atoms with Crippen molar-refractivity contribution in [3.05, 3.63) is 71.8 Å². The van der Waals surface area contributed by atoms with Gasteiger partial charge in [0.05, 0.1) is 12.8 Å². The van der Waals surface area contributed by atoms with Gasteiger partial charge in [0.15, 0.2) is 0 Å². The molecule has 0 fully saturated rings. The van der Waals surface area contributed by atoms with Gasteiger partial charge < -0.3 is 10.1 Å². The van der Waals surface area contributed by atoms with Gasteiger partial charge in [-0.25, -0.2) is 14.4 Å². The summed E-state index contributed by atoms with van der Waals surface area (Å²) in [6.45, 7) is 2.20. The first-order valence-corrected chi connectivity index (χ1v) is 7.63. The van der Waals surface area contributed by atoms with Crippen molar-refractivity contribution in [1.82, 2.24) is 9.97 Å². The van der Waals surface area contributed by atoms with E-state index < -0.39 is 0 Å². The molecule has 3 aromatic rings. The van der Waals surface area contributed by atoms with Crippen molar-refractivity contribution in [2.45, 2.75) is 13.5 Å².